The molecule has 0 amide bonds. The van der Waals surface area contributed by atoms with Crippen LogP contribution in [-0.4, -0.2) is 28.5 Å². The van der Waals surface area contributed by atoms with E-state index in [2.05, 4.69) is 27.1 Å². The lowest BCUT2D eigenvalue weighted by Crippen LogP contribution is -2.19. The van der Waals surface area contributed by atoms with Gasteiger partial charge in [0.05, 0.1) is 13.1 Å². The smallest absolute Gasteiger partial charge is 0.144 e. The highest BCUT2D eigenvalue weighted by molar-refractivity contribution is 5.35. The first-order chi connectivity index (χ1) is 9.56. The largest absolute Gasteiger partial charge is 0.465 e. The third-order valence-corrected chi connectivity index (χ3v) is 2.89. The van der Waals surface area contributed by atoms with Gasteiger partial charge in [-0.1, -0.05) is 0 Å². The number of furan rings is 1. The molecule has 0 fully saturated rings. The van der Waals surface area contributed by atoms with Crippen molar-refractivity contribution in [2.75, 3.05) is 18.9 Å². The molecule has 0 bridgehead atoms. The molecule has 2 heterocycles. The third-order valence-electron chi connectivity index (χ3n) is 2.89. The second-order valence-corrected chi connectivity index (χ2v) is 5.03. The fourth-order valence-electron chi connectivity index (χ4n) is 2.11. The summed E-state index contributed by atoms with van der Waals surface area (Å²) in [6.07, 6.45) is 0. The summed E-state index contributed by atoms with van der Waals surface area (Å²) >= 11 is 0. The molecule has 0 saturated carbocycles. The quantitative estimate of drug-likeness (QED) is 0.877. The molecular formula is C15H22N4O. The van der Waals surface area contributed by atoms with Crippen LogP contribution in [0.1, 0.15) is 30.0 Å². The molecule has 0 aliphatic rings. The maximum absolute atomic E-state index is 5.58. The van der Waals surface area contributed by atoms with E-state index in [-0.39, 0.29) is 0 Å². The van der Waals surface area contributed by atoms with Gasteiger partial charge in [-0.2, -0.15) is 0 Å². The van der Waals surface area contributed by atoms with E-state index in [0.29, 0.717) is 6.54 Å². The van der Waals surface area contributed by atoms with Crippen LogP contribution in [0.15, 0.2) is 22.6 Å². The van der Waals surface area contributed by atoms with E-state index in [1.54, 1.807) is 0 Å². The molecule has 108 valence electrons. The van der Waals surface area contributed by atoms with Gasteiger partial charge in [0.2, 0.25) is 0 Å². The highest BCUT2D eigenvalue weighted by Gasteiger charge is 2.08. The fraction of sp³-hybridized carbons (Fsp3) is 0.467. The molecule has 20 heavy (non-hydrogen) atoms. The maximum Gasteiger partial charge on any atom is 0.144 e. The van der Waals surface area contributed by atoms with Crippen molar-refractivity contribution in [2.24, 2.45) is 0 Å². The molecule has 0 radical (unpaired) electrons. The Bertz CT molecular complexity index is 565. The van der Waals surface area contributed by atoms with Crippen molar-refractivity contribution in [1.29, 1.82) is 0 Å². The average molecular weight is 274 g/mol. The first-order valence-corrected chi connectivity index (χ1v) is 6.89. The first kappa shape index (κ1) is 14.5. The Balaban J connectivity index is 2.01. The molecule has 0 aromatic carbocycles. The standard InChI is InChI=1S/C15H22N4O/c1-5-16-14-8-11(2)17-15(18-14)10-19(4)9-13-7-6-12(3)20-13/h6-8H,5,9-10H2,1-4H3,(H,16,17,18). The zero-order valence-electron chi connectivity index (χ0n) is 12.6. The lowest BCUT2D eigenvalue weighted by molar-refractivity contribution is 0.279. The summed E-state index contributed by atoms with van der Waals surface area (Å²) in [5.41, 5.74) is 0.980. The van der Waals surface area contributed by atoms with Crippen LogP contribution in [0.25, 0.3) is 0 Å². The van der Waals surface area contributed by atoms with Crippen molar-refractivity contribution in [1.82, 2.24) is 14.9 Å². The average Bonchev–Trinajstić information content (AvgIpc) is 2.74. The van der Waals surface area contributed by atoms with Gasteiger partial charge in [0.25, 0.3) is 0 Å². The Morgan fingerprint density at radius 2 is 2.00 bits per heavy atom. The number of nitrogens with zero attached hydrogens (tertiary/aromatic N) is 3. The molecule has 5 nitrogen and oxygen atoms in total. The van der Waals surface area contributed by atoms with E-state index in [1.807, 2.05) is 39.1 Å². The van der Waals surface area contributed by atoms with Crippen LogP contribution in [0, 0.1) is 13.8 Å². The third kappa shape index (κ3) is 4.06. The van der Waals surface area contributed by atoms with Gasteiger partial charge in [-0.15, -0.1) is 0 Å². The molecule has 0 aliphatic carbocycles. The summed E-state index contributed by atoms with van der Waals surface area (Å²) in [5.74, 6) is 3.61. The fourth-order valence-corrected chi connectivity index (χ4v) is 2.11. The van der Waals surface area contributed by atoms with Gasteiger partial charge in [-0.25, -0.2) is 9.97 Å². The number of nitrogens with one attached hydrogen (secondary N) is 1. The van der Waals surface area contributed by atoms with E-state index < -0.39 is 0 Å². The van der Waals surface area contributed by atoms with Gasteiger partial charge in [0, 0.05) is 18.3 Å². The lowest BCUT2D eigenvalue weighted by Gasteiger charge is -2.15. The first-order valence-electron chi connectivity index (χ1n) is 6.89. The molecule has 0 unspecified atom stereocenters. The van der Waals surface area contributed by atoms with Crippen molar-refractivity contribution < 1.29 is 4.42 Å². The number of hydrogen-bond donors (Lipinski definition) is 1. The normalized spacial score (nSPS) is 11.1. The number of anilines is 1. The van der Waals surface area contributed by atoms with Crippen LogP contribution in [0.4, 0.5) is 5.82 Å². The van der Waals surface area contributed by atoms with E-state index in [0.717, 1.165) is 41.9 Å². The number of aryl methyl sites for hydroxylation is 2. The van der Waals surface area contributed by atoms with Gasteiger partial charge in [0.1, 0.15) is 23.2 Å². The van der Waals surface area contributed by atoms with Crippen LogP contribution < -0.4 is 5.32 Å². The minimum Gasteiger partial charge on any atom is -0.465 e. The predicted octanol–water partition coefficient (Wildman–Crippen LogP) is 2.75. The molecule has 0 saturated heterocycles. The molecule has 5 heteroatoms. The van der Waals surface area contributed by atoms with Crippen molar-refractivity contribution in [2.45, 2.75) is 33.9 Å². The van der Waals surface area contributed by atoms with Gasteiger partial charge in [-0.05, 0) is 40.0 Å². The van der Waals surface area contributed by atoms with Crippen LogP contribution >= 0.6 is 0 Å². The summed E-state index contributed by atoms with van der Waals surface area (Å²) in [6, 6.07) is 5.95. The number of hydrogen-bond acceptors (Lipinski definition) is 5. The van der Waals surface area contributed by atoms with Crippen LogP contribution in [0.2, 0.25) is 0 Å². The Labute approximate surface area is 120 Å². The topological polar surface area (TPSA) is 54.2 Å². The van der Waals surface area contributed by atoms with Crippen LogP contribution in [0.5, 0.6) is 0 Å². The highest BCUT2D eigenvalue weighted by Crippen LogP contribution is 2.11. The molecule has 0 spiro atoms. The minimum atomic E-state index is 0.694. The van der Waals surface area contributed by atoms with Crippen LogP contribution in [0.3, 0.4) is 0 Å². The van der Waals surface area contributed by atoms with Crippen molar-refractivity contribution in [3.05, 3.63) is 41.2 Å². The summed E-state index contributed by atoms with van der Waals surface area (Å²) in [5, 5.41) is 3.23. The van der Waals surface area contributed by atoms with Gasteiger partial charge in [0.15, 0.2) is 0 Å². The van der Waals surface area contributed by atoms with Gasteiger partial charge in [-0.3, -0.25) is 4.90 Å². The summed E-state index contributed by atoms with van der Waals surface area (Å²) in [4.78, 5) is 11.1. The molecule has 0 aliphatic heterocycles. The Hall–Kier alpha value is -1.88. The van der Waals surface area contributed by atoms with E-state index in [4.69, 9.17) is 4.42 Å². The maximum atomic E-state index is 5.58. The van der Waals surface area contributed by atoms with E-state index in [1.165, 1.54) is 0 Å². The Kier molecular flexibility index (Phi) is 4.74. The molecule has 2 aromatic heterocycles. The second-order valence-electron chi connectivity index (χ2n) is 5.03. The summed E-state index contributed by atoms with van der Waals surface area (Å²) in [6.45, 7) is 8.30. The van der Waals surface area contributed by atoms with Crippen molar-refractivity contribution >= 4 is 5.82 Å². The Morgan fingerprint density at radius 3 is 2.65 bits per heavy atom. The van der Waals surface area contributed by atoms with E-state index >= 15 is 0 Å². The van der Waals surface area contributed by atoms with E-state index in [9.17, 15) is 0 Å². The minimum absolute atomic E-state index is 0.694. The monoisotopic (exact) mass is 274 g/mol. The molecule has 1 N–H and O–H groups in total. The summed E-state index contributed by atoms with van der Waals surface area (Å²) < 4.78 is 5.58. The lowest BCUT2D eigenvalue weighted by atomic mass is 10.3. The zero-order valence-corrected chi connectivity index (χ0v) is 12.6. The Morgan fingerprint density at radius 1 is 1.20 bits per heavy atom. The summed E-state index contributed by atoms with van der Waals surface area (Å²) in [7, 11) is 2.04. The number of aromatic nitrogens is 2. The molecule has 2 aromatic rings. The molecular weight excluding hydrogens is 252 g/mol. The second kappa shape index (κ2) is 6.52. The molecule has 2 rings (SSSR count). The van der Waals surface area contributed by atoms with Crippen LogP contribution in [-0.2, 0) is 13.1 Å². The van der Waals surface area contributed by atoms with Gasteiger partial charge >= 0.3 is 0 Å². The van der Waals surface area contributed by atoms with Crippen molar-refractivity contribution in [3.8, 4) is 0 Å². The predicted molar refractivity (Wildman–Crippen MR) is 79.5 cm³/mol. The highest BCUT2D eigenvalue weighted by atomic mass is 16.3. The number of rotatable bonds is 6. The van der Waals surface area contributed by atoms with Gasteiger partial charge < -0.3 is 9.73 Å². The van der Waals surface area contributed by atoms with Crippen molar-refractivity contribution in [3.63, 3.8) is 0 Å². The SMILES string of the molecule is CCNc1cc(C)nc(CN(C)Cc2ccc(C)o2)n1. The molecule has 0 atom stereocenters. The zero-order chi connectivity index (χ0) is 14.5.